The summed E-state index contributed by atoms with van der Waals surface area (Å²) < 4.78 is 6.96. The molecule has 0 radical (unpaired) electrons. The molecule has 3 aromatic rings. The lowest BCUT2D eigenvalue weighted by molar-refractivity contribution is -0.141. The number of benzene rings is 2. The lowest BCUT2D eigenvalue weighted by Crippen LogP contribution is -2.34. The third kappa shape index (κ3) is 2.24. The normalized spacial score (nSPS) is 16.2. The van der Waals surface area contributed by atoms with Gasteiger partial charge in [0, 0.05) is 34.8 Å². The number of nitrogens with zero attached hydrogens (tertiary/aromatic N) is 2. The minimum Gasteiger partial charge on any atom is -0.468 e. The zero-order valence-corrected chi connectivity index (χ0v) is 15.0. The Morgan fingerprint density at radius 3 is 2.58 bits per heavy atom. The van der Waals surface area contributed by atoms with E-state index < -0.39 is 5.97 Å². The predicted octanol–water partition coefficient (Wildman–Crippen LogP) is 3.20. The molecule has 0 saturated heterocycles. The SMILES string of the molecule is COC(=O)CN1C(=O)c2ccccc2[C@H]1c1c(C)n(C)c2ccccc12. The molecule has 1 aliphatic heterocycles. The van der Waals surface area contributed by atoms with Crippen molar-refractivity contribution in [3.8, 4) is 0 Å². The van der Waals surface area contributed by atoms with Crippen molar-refractivity contribution in [3.05, 3.63) is 70.9 Å². The maximum atomic E-state index is 13.0. The Labute approximate surface area is 151 Å². The van der Waals surface area contributed by atoms with Crippen LogP contribution in [0.2, 0.25) is 0 Å². The molecule has 0 saturated carbocycles. The summed E-state index contributed by atoms with van der Waals surface area (Å²) in [5.74, 6) is -0.558. The number of methoxy groups -OCH3 is 1. The van der Waals surface area contributed by atoms with Gasteiger partial charge >= 0.3 is 5.97 Å². The van der Waals surface area contributed by atoms with Gasteiger partial charge in [-0.15, -0.1) is 0 Å². The maximum absolute atomic E-state index is 13.0. The fraction of sp³-hybridized carbons (Fsp3) is 0.238. The summed E-state index contributed by atoms with van der Waals surface area (Å²) in [4.78, 5) is 26.6. The molecule has 0 fully saturated rings. The van der Waals surface area contributed by atoms with Crippen LogP contribution in [0.25, 0.3) is 10.9 Å². The van der Waals surface area contributed by atoms with Gasteiger partial charge in [-0.2, -0.15) is 0 Å². The molecule has 2 heterocycles. The van der Waals surface area contributed by atoms with Crippen LogP contribution in [0.5, 0.6) is 0 Å². The van der Waals surface area contributed by atoms with Crippen molar-refractivity contribution in [3.63, 3.8) is 0 Å². The van der Waals surface area contributed by atoms with Crippen LogP contribution in [0.15, 0.2) is 48.5 Å². The van der Waals surface area contributed by atoms with Crippen molar-refractivity contribution in [2.75, 3.05) is 13.7 Å². The number of carbonyl (C=O) groups is 2. The van der Waals surface area contributed by atoms with E-state index in [-0.39, 0.29) is 18.5 Å². The second-order valence-corrected chi connectivity index (χ2v) is 6.57. The second-order valence-electron chi connectivity index (χ2n) is 6.57. The number of esters is 1. The highest BCUT2D eigenvalue weighted by atomic mass is 16.5. The lowest BCUT2D eigenvalue weighted by atomic mass is 9.95. The molecular weight excluding hydrogens is 328 g/mol. The van der Waals surface area contributed by atoms with E-state index in [1.54, 1.807) is 4.90 Å². The van der Waals surface area contributed by atoms with Gasteiger partial charge in [0.15, 0.2) is 0 Å². The second kappa shape index (κ2) is 6.02. The molecule has 0 bridgehead atoms. The summed E-state index contributed by atoms with van der Waals surface area (Å²) in [5, 5.41) is 1.09. The van der Waals surface area contributed by atoms with Gasteiger partial charge in [-0.1, -0.05) is 36.4 Å². The lowest BCUT2D eigenvalue weighted by Gasteiger charge is -2.25. The van der Waals surface area contributed by atoms with Gasteiger partial charge < -0.3 is 14.2 Å². The van der Waals surface area contributed by atoms with Crippen molar-refractivity contribution >= 4 is 22.8 Å². The molecule has 2 aromatic carbocycles. The van der Waals surface area contributed by atoms with Crippen LogP contribution in [0.3, 0.4) is 0 Å². The van der Waals surface area contributed by atoms with Gasteiger partial charge in [0.1, 0.15) is 6.54 Å². The summed E-state index contributed by atoms with van der Waals surface area (Å²) in [7, 11) is 3.36. The summed E-state index contributed by atoms with van der Waals surface area (Å²) in [6.07, 6.45) is 0. The number of fused-ring (bicyclic) bond motifs is 2. The number of ether oxygens (including phenoxy) is 1. The summed E-state index contributed by atoms with van der Waals surface area (Å²) >= 11 is 0. The molecule has 0 N–H and O–H groups in total. The molecule has 1 atom stereocenters. The van der Waals surface area contributed by atoms with Crippen LogP contribution < -0.4 is 0 Å². The van der Waals surface area contributed by atoms with Crippen LogP contribution in [-0.2, 0) is 16.6 Å². The number of aromatic nitrogens is 1. The first-order valence-corrected chi connectivity index (χ1v) is 8.55. The van der Waals surface area contributed by atoms with Gasteiger partial charge in [0.25, 0.3) is 5.91 Å². The molecule has 1 amide bonds. The van der Waals surface area contributed by atoms with Crippen molar-refractivity contribution in [2.24, 2.45) is 7.05 Å². The third-order valence-corrected chi connectivity index (χ3v) is 5.31. The molecule has 0 unspecified atom stereocenters. The first-order valence-electron chi connectivity index (χ1n) is 8.55. The Hall–Kier alpha value is -3.08. The van der Waals surface area contributed by atoms with Crippen molar-refractivity contribution in [2.45, 2.75) is 13.0 Å². The van der Waals surface area contributed by atoms with E-state index in [1.165, 1.54) is 7.11 Å². The van der Waals surface area contributed by atoms with Gasteiger partial charge in [-0.05, 0) is 24.6 Å². The van der Waals surface area contributed by atoms with Crippen LogP contribution in [0.4, 0.5) is 0 Å². The van der Waals surface area contributed by atoms with E-state index >= 15 is 0 Å². The first kappa shape index (κ1) is 16.4. The van der Waals surface area contributed by atoms with Crippen molar-refractivity contribution in [1.29, 1.82) is 0 Å². The smallest absolute Gasteiger partial charge is 0.325 e. The van der Waals surface area contributed by atoms with E-state index in [9.17, 15) is 9.59 Å². The number of aryl methyl sites for hydroxylation is 1. The van der Waals surface area contributed by atoms with Gasteiger partial charge in [0.2, 0.25) is 0 Å². The average Bonchev–Trinajstić information content (AvgIpc) is 3.08. The Kier molecular flexibility index (Phi) is 3.80. The standard InChI is InChI=1S/C21H20N2O3/c1-13-19(16-10-6-7-11-17(16)22(13)2)20-14-8-4-5-9-15(14)21(25)23(20)12-18(24)26-3/h4-11,20H,12H2,1-3H3/t20-/m0/s1. The Bertz CT molecular complexity index is 1030. The predicted molar refractivity (Wildman–Crippen MR) is 99.0 cm³/mol. The molecule has 0 aliphatic carbocycles. The maximum Gasteiger partial charge on any atom is 0.325 e. The molecular formula is C21H20N2O3. The number of hydrogen-bond acceptors (Lipinski definition) is 3. The van der Waals surface area contributed by atoms with Crippen molar-refractivity contribution in [1.82, 2.24) is 9.47 Å². The first-order chi connectivity index (χ1) is 12.5. The quantitative estimate of drug-likeness (QED) is 0.683. The molecule has 1 aromatic heterocycles. The van der Waals surface area contributed by atoms with Crippen LogP contribution in [-0.4, -0.2) is 35.0 Å². The molecule has 5 heteroatoms. The summed E-state index contributed by atoms with van der Waals surface area (Å²) in [5.41, 5.74) is 4.82. The highest BCUT2D eigenvalue weighted by molar-refractivity contribution is 6.02. The Balaban J connectivity index is 1.97. The largest absolute Gasteiger partial charge is 0.468 e. The minimum atomic E-state index is -0.422. The molecule has 1 aliphatic rings. The van der Waals surface area contributed by atoms with E-state index in [1.807, 2.05) is 43.4 Å². The van der Waals surface area contributed by atoms with Crippen molar-refractivity contribution < 1.29 is 14.3 Å². The fourth-order valence-corrected chi connectivity index (χ4v) is 3.94. The van der Waals surface area contributed by atoms with E-state index in [2.05, 4.69) is 23.6 Å². The molecule has 26 heavy (non-hydrogen) atoms. The zero-order valence-electron chi connectivity index (χ0n) is 15.0. The number of hydrogen-bond donors (Lipinski definition) is 0. The zero-order chi connectivity index (χ0) is 18.4. The van der Waals surface area contributed by atoms with E-state index in [4.69, 9.17) is 4.74 Å². The Morgan fingerprint density at radius 2 is 1.81 bits per heavy atom. The summed E-state index contributed by atoms with van der Waals surface area (Å²) in [6.45, 7) is 1.98. The number of rotatable bonds is 3. The third-order valence-electron chi connectivity index (χ3n) is 5.31. The minimum absolute atomic E-state index is 0.0721. The van der Waals surface area contributed by atoms with Gasteiger partial charge in [0.05, 0.1) is 13.2 Å². The van der Waals surface area contributed by atoms with Crippen LogP contribution in [0, 0.1) is 6.92 Å². The molecule has 0 spiro atoms. The fourth-order valence-electron chi connectivity index (χ4n) is 3.94. The summed E-state index contributed by atoms with van der Waals surface area (Å²) in [6, 6.07) is 15.4. The topological polar surface area (TPSA) is 51.5 Å². The molecule has 132 valence electrons. The average molecular weight is 348 g/mol. The van der Waals surface area contributed by atoms with E-state index in [0.29, 0.717) is 5.56 Å². The van der Waals surface area contributed by atoms with Gasteiger partial charge in [-0.3, -0.25) is 9.59 Å². The van der Waals surface area contributed by atoms with Gasteiger partial charge in [-0.25, -0.2) is 0 Å². The molecule has 4 rings (SSSR count). The Morgan fingerprint density at radius 1 is 1.12 bits per heavy atom. The van der Waals surface area contributed by atoms with Crippen LogP contribution in [0.1, 0.15) is 33.2 Å². The van der Waals surface area contributed by atoms with E-state index in [0.717, 1.165) is 27.7 Å². The number of amides is 1. The number of carbonyl (C=O) groups excluding carboxylic acids is 2. The highest BCUT2D eigenvalue weighted by Crippen LogP contribution is 2.43. The van der Waals surface area contributed by atoms with Crippen LogP contribution >= 0.6 is 0 Å². The molecule has 5 nitrogen and oxygen atoms in total. The number of para-hydroxylation sites is 1. The monoisotopic (exact) mass is 348 g/mol. The highest BCUT2D eigenvalue weighted by Gasteiger charge is 2.40.